The molecule has 0 saturated carbocycles. The van der Waals surface area contributed by atoms with Gasteiger partial charge < -0.3 is 9.73 Å². The summed E-state index contributed by atoms with van der Waals surface area (Å²) in [6.07, 6.45) is 0. The summed E-state index contributed by atoms with van der Waals surface area (Å²) in [4.78, 5) is 12.2. The van der Waals surface area contributed by atoms with Crippen molar-refractivity contribution < 1.29 is 22.0 Å². The van der Waals surface area contributed by atoms with E-state index in [2.05, 4.69) is 15.5 Å². The van der Waals surface area contributed by atoms with Crippen molar-refractivity contribution >= 4 is 15.9 Å². The minimum absolute atomic E-state index is 0.0840. The predicted molar refractivity (Wildman–Crippen MR) is 98.2 cm³/mol. The first-order valence-electron chi connectivity index (χ1n) is 8.16. The average molecular weight is 404 g/mol. The minimum Gasteiger partial charge on any atom is -0.412 e. The van der Waals surface area contributed by atoms with Crippen LogP contribution in [0.2, 0.25) is 0 Å². The van der Waals surface area contributed by atoms with Gasteiger partial charge in [-0.3, -0.25) is 4.79 Å². The lowest BCUT2D eigenvalue weighted by Crippen LogP contribution is -2.23. The maximum absolute atomic E-state index is 12.9. The highest BCUT2D eigenvalue weighted by atomic mass is 32.2. The Balaban J connectivity index is 1.69. The third-order valence-corrected chi connectivity index (χ3v) is 5.69. The van der Waals surface area contributed by atoms with Gasteiger partial charge in [-0.25, -0.2) is 17.1 Å². The van der Waals surface area contributed by atoms with Gasteiger partial charge in [-0.1, -0.05) is 12.1 Å². The fraction of sp³-hybridized carbons (Fsp3) is 0.167. The maximum atomic E-state index is 12.9. The fourth-order valence-corrected chi connectivity index (χ4v) is 3.17. The lowest BCUT2D eigenvalue weighted by Gasteiger charge is -2.11. The van der Waals surface area contributed by atoms with Crippen LogP contribution in [0.4, 0.5) is 4.39 Å². The zero-order chi connectivity index (χ0) is 20.3. The fourth-order valence-electron chi connectivity index (χ4n) is 2.27. The smallest absolute Gasteiger partial charge is 0.309 e. The summed E-state index contributed by atoms with van der Waals surface area (Å²) in [6.45, 7) is 0.175. The molecule has 3 aromatic rings. The molecule has 1 amide bonds. The molecule has 2 aromatic carbocycles. The Kier molecular flexibility index (Phi) is 5.52. The SMILES string of the molecule is CN(C)S(=O)(=O)c1ccc(-c2nnc(C(=O)NCc3ccc(F)cc3)o2)cc1. The molecular weight excluding hydrogens is 387 g/mol. The van der Waals surface area contributed by atoms with Crippen LogP contribution >= 0.6 is 0 Å². The Morgan fingerprint density at radius 3 is 2.32 bits per heavy atom. The van der Waals surface area contributed by atoms with Gasteiger partial charge in [0.1, 0.15) is 5.82 Å². The maximum Gasteiger partial charge on any atom is 0.309 e. The molecular formula is C18H17FN4O4S. The summed E-state index contributed by atoms with van der Waals surface area (Å²) in [5.74, 6) is -1.08. The van der Waals surface area contributed by atoms with Crippen molar-refractivity contribution in [2.24, 2.45) is 0 Å². The topological polar surface area (TPSA) is 105 Å². The summed E-state index contributed by atoms with van der Waals surface area (Å²) in [6, 6.07) is 11.6. The summed E-state index contributed by atoms with van der Waals surface area (Å²) in [7, 11) is -0.656. The van der Waals surface area contributed by atoms with Crippen molar-refractivity contribution in [1.82, 2.24) is 19.8 Å². The van der Waals surface area contributed by atoms with E-state index >= 15 is 0 Å². The lowest BCUT2D eigenvalue weighted by molar-refractivity contribution is 0.0917. The van der Waals surface area contributed by atoms with E-state index in [0.29, 0.717) is 11.1 Å². The Hall–Kier alpha value is -3.11. The Morgan fingerprint density at radius 2 is 1.71 bits per heavy atom. The first-order valence-corrected chi connectivity index (χ1v) is 9.60. The number of benzene rings is 2. The van der Waals surface area contributed by atoms with E-state index < -0.39 is 15.9 Å². The van der Waals surface area contributed by atoms with Crippen LogP contribution in [0.3, 0.4) is 0 Å². The standard InChI is InChI=1S/C18H17FN4O4S/c1-23(2)28(25,26)15-9-5-13(6-10-15)17-21-22-18(27-17)16(24)20-11-12-3-7-14(19)8-4-12/h3-10H,11H2,1-2H3,(H,20,24). The second-order valence-electron chi connectivity index (χ2n) is 6.03. The third kappa shape index (κ3) is 4.24. The summed E-state index contributed by atoms with van der Waals surface area (Å²) >= 11 is 0. The molecule has 28 heavy (non-hydrogen) atoms. The van der Waals surface area contributed by atoms with Crippen molar-refractivity contribution in [3.63, 3.8) is 0 Å². The first kappa shape index (κ1) is 19.6. The van der Waals surface area contributed by atoms with Gasteiger partial charge in [0.05, 0.1) is 4.90 Å². The number of amides is 1. The Bertz CT molecular complexity index is 1080. The largest absolute Gasteiger partial charge is 0.412 e. The van der Waals surface area contributed by atoms with Crippen molar-refractivity contribution in [3.8, 4) is 11.5 Å². The van der Waals surface area contributed by atoms with Crippen LogP contribution in [0.25, 0.3) is 11.5 Å². The molecule has 3 rings (SSSR count). The summed E-state index contributed by atoms with van der Waals surface area (Å²) in [5.41, 5.74) is 1.19. The molecule has 10 heteroatoms. The molecule has 0 bridgehead atoms. The van der Waals surface area contributed by atoms with Crippen LogP contribution in [0.15, 0.2) is 57.8 Å². The van der Waals surface area contributed by atoms with Crippen LogP contribution < -0.4 is 5.32 Å². The van der Waals surface area contributed by atoms with E-state index in [-0.39, 0.29) is 29.0 Å². The third-order valence-electron chi connectivity index (χ3n) is 3.87. The molecule has 0 unspecified atom stereocenters. The van der Waals surface area contributed by atoms with Crippen LogP contribution in [0, 0.1) is 5.82 Å². The van der Waals surface area contributed by atoms with Crippen LogP contribution in [0.1, 0.15) is 16.2 Å². The number of halogens is 1. The highest BCUT2D eigenvalue weighted by molar-refractivity contribution is 7.89. The molecule has 0 spiro atoms. The van der Waals surface area contributed by atoms with Crippen molar-refractivity contribution in [2.45, 2.75) is 11.4 Å². The first-order chi connectivity index (χ1) is 13.3. The molecule has 1 aromatic heterocycles. The summed E-state index contributed by atoms with van der Waals surface area (Å²) < 4.78 is 43.5. The number of nitrogens with zero attached hydrogens (tertiary/aromatic N) is 3. The van der Waals surface area contributed by atoms with Gasteiger partial charge >= 0.3 is 11.8 Å². The molecule has 146 valence electrons. The van der Waals surface area contributed by atoms with Gasteiger partial charge in [0.25, 0.3) is 0 Å². The normalized spacial score (nSPS) is 11.6. The van der Waals surface area contributed by atoms with Crippen molar-refractivity contribution in [2.75, 3.05) is 14.1 Å². The molecule has 0 fully saturated rings. The van der Waals surface area contributed by atoms with E-state index in [4.69, 9.17) is 4.42 Å². The van der Waals surface area contributed by atoms with Crippen LogP contribution in [-0.4, -0.2) is 42.9 Å². The molecule has 0 radical (unpaired) electrons. The molecule has 0 saturated heterocycles. The van der Waals surface area contributed by atoms with E-state index in [1.807, 2.05) is 0 Å². The van der Waals surface area contributed by atoms with E-state index in [1.54, 1.807) is 12.1 Å². The summed E-state index contributed by atoms with van der Waals surface area (Å²) in [5, 5.41) is 10.1. The van der Waals surface area contributed by atoms with Gasteiger partial charge in [-0.05, 0) is 42.0 Å². The second kappa shape index (κ2) is 7.87. The average Bonchev–Trinajstić information content (AvgIpc) is 3.17. The van der Waals surface area contributed by atoms with Crippen LogP contribution in [-0.2, 0) is 16.6 Å². The number of sulfonamides is 1. The molecule has 1 N–H and O–H groups in total. The van der Waals surface area contributed by atoms with E-state index in [1.165, 1.54) is 50.5 Å². The number of hydrogen-bond acceptors (Lipinski definition) is 6. The minimum atomic E-state index is -3.54. The van der Waals surface area contributed by atoms with Gasteiger partial charge in [0.15, 0.2) is 0 Å². The molecule has 0 aliphatic heterocycles. The number of aromatic nitrogens is 2. The molecule has 1 heterocycles. The monoisotopic (exact) mass is 404 g/mol. The molecule has 8 nitrogen and oxygen atoms in total. The number of hydrogen-bond donors (Lipinski definition) is 1. The lowest BCUT2D eigenvalue weighted by atomic mass is 10.2. The molecule has 0 atom stereocenters. The number of rotatable bonds is 6. The quantitative estimate of drug-likeness (QED) is 0.674. The predicted octanol–water partition coefficient (Wildman–Crippen LogP) is 2.06. The van der Waals surface area contributed by atoms with Gasteiger partial charge in [-0.2, -0.15) is 0 Å². The second-order valence-corrected chi connectivity index (χ2v) is 8.19. The van der Waals surface area contributed by atoms with E-state index in [0.717, 1.165) is 4.31 Å². The zero-order valence-electron chi connectivity index (χ0n) is 15.1. The van der Waals surface area contributed by atoms with Gasteiger partial charge in [-0.15, -0.1) is 10.2 Å². The number of carbonyl (C=O) groups excluding carboxylic acids is 1. The molecule has 0 aliphatic rings. The van der Waals surface area contributed by atoms with E-state index in [9.17, 15) is 17.6 Å². The van der Waals surface area contributed by atoms with Gasteiger partial charge in [0.2, 0.25) is 15.9 Å². The number of nitrogens with one attached hydrogen (secondary N) is 1. The van der Waals surface area contributed by atoms with Crippen molar-refractivity contribution in [3.05, 3.63) is 65.8 Å². The Labute approximate surface area is 161 Å². The zero-order valence-corrected chi connectivity index (χ0v) is 15.9. The van der Waals surface area contributed by atoms with Crippen molar-refractivity contribution in [1.29, 1.82) is 0 Å². The van der Waals surface area contributed by atoms with Gasteiger partial charge in [0, 0.05) is 26.2 Å². The Morgan fingerprint density at radius 1 is 1.07 bits per heavy atom. The highest BCUT2D eigenvalue weighted by Gasteiger charge is 2.19. The highest BCUT2D eigenvalue weighted by Crippen LogP contribution is 2.21. The number of carbonyl (C=O) groups is 1. The molecule has 0 aliphatic carbocycles. The van der Waals surface area contributed by atoms with Crippen LogP contribution in [0.5, 0.6) is 0 Å².